The number of hydrogen-bond acceptors (Lipinski definition) is 6. The van der Waals surface area contributed by atoms with Gasteiger partial charge in [0.2, 0.25) is 0 Å². The second-order valence-electron chi connectivity index (χ2n) is 6.38. The van der Waals surface area contributed by atoms with Crippen LogP contribution in [0.3, 0.4) is 0 Å². The molecule has 3 N–H and O–H groups in total. The first kappa shape index (κ1) is 20.8. The van der Waals surface area contributed by atoms with E-state index < -0.39 is 30.4 Å². The standard InChI is InChI=1S/C18H27NO6/c1-6-9-24-15-10-12(23-5)7-8-13(15)16(21)14(11-20)19-17(22)25-18(2,3)4/h6-8,10,14,16,20-21H,1,9,11H2,2-5H3,(H,19,22)/t14-,16-/m1/s1. The van der Waals surface area contributed by atoms with E-state index in [-0.39, 0.29) is 6.61 Å². The summed E-state index contributed by atoms with van der Waals surface area (Å²) in [6.45, 7) is 8.51. The Balaban J connectivity index is 2.99. The summed E-state index contributed by atoms with van der Waals surface area (Å²) in [5.41, 5.74) is -0.286. The molecule has 140 valence electrons. The molecule has 7 heteroatoms. The van der Waals surface area contributed by atoms with Crippen molar-refractivity contribution < 1.29 is 29.2 Å². The smallest absolute Gasteiger partial charge is 0.408 e. The number of hydrogen-bond donors (Lipinski definition) is 3. The molecule has 0 unspecified atom stereocenters. The molecule has 25 heavy (non-hydrogen) atoms. The van der Waals surface area contributed by atoms with E-state index in [1.165, 1.54) is 7.11 Å². The predicted molar refractivity (Wildman–Crippen MR) is 93.9 cm³/mol. The van der Waals surface area contributed by atoms with Crippen molar-refractivity contribution >= 4 is 6.09 Å². The third kappa shape index (κ3) is 6.64. The van der Waals surface area contributed by atoms with Crippen molar-refractivity contribution in [1.82, 2.24) is 5.32 Å². The Bertz CT molecular complexity index is 581. The lowest BCUT2D eigenvalue weighted by Crippen LogP contribution is -2.44. The van der Waals surface area contributed by atoms with E-state index >= 15 is 0 Å². The summed E-state index contributed by atoms with van der Waals surface area (Å²) in [5, 5.41) is 22.6. The Morgan fingerprint density at radius 2 is 2.08 bits per heavy atom. The number of benzene rings is 1. The van der Waals surface area contributed by atoms with E-state index in [1.807, 2.05) is 0 Å². The van der Waals surface area contributed by atoms with Gasteiger partial charge in [-0.25, -0.2) is 4.79 Å². The molecule has 7 nitrogen and oxygen atoms in total. The fourth-order valence-electron chi connectivity index (χ4n) is 2.06. The number of carbonyl (C=O) groups excluding carboxylic acids is 1. The normalized spacial score (nSPS) is 13.5. The number of nitrogens with one attached hydrogen (secondary N) is 1. The fraction of sp³-hybridized carbons (Fsp3) is 0.500. The lowest BCUT2D eigenvalue weighted by atomic mass is 10.0. The Morgan fingerprint density at radius 1 is 1.40 bits per heavy atom. The van der Waals surface area contributed by atoms with Gasteiger partial charge in [0.1, 0.15) is 29.8 Å². The van der Waals surface area contributed by atoms with Crippen LogP contribution in [0.25, 0.3) is 0 Å². The Labute approximate surface area is 148 Å². The van der Waals surface area contributed by atoms with Gasteiger partial charge in [-0.2, -0.15) is 0 Å². The molecule has 1 aromatic rings. The maximum absolute atomic E-state index is 11.9. The minimum atomic E-state index is -1.21. The second kappa shape index (κ2) is 9.29. The third-order valence-corrected chi connectivity index (χ3v) is 3.18. The van der Waals surface area contributed by atoms with Gasteiger partial charge in [0, 0.05) is 11.6 Å². The summed E-state index contributed by atoms with van der Waals surface area (Å²) < 4.78 is 15.8. The minimum Gasteiger partial charge on any atom is -0.497 e. The highest BCUT2D eigenvalue weighted by Crippen LogP contribution is 2.31. The first-order chi connectivity index (χ1) is 11.7. The number of methoxy groups -OCH3 is 1. The van der Waals surface area contributed by atoms with E-state index in [1.54, 1.807) is 45.0 Å². The molecule has 0 aliphatic carbocycles. The Morgan fingerprint density at radius 3 is 2.60 bits per heavy atom. The van der Waals surface area contributed by atoms with Crippen LogP contribution in [0.2, 0.25) is 0 Å². The van der Waals surface area contributed by atoms with Crippen LogP contribution in [0, 0.1) is 0 Å². The third-order valence-electron chi connectivity index (χ3n) is 3.18. The molecular weight excluding hydrogens is 326 g/mol. The molecule has 0 bridgehead atoms. The van der Waals surface area contributed by atoms with Gasteiger partial charge in [0.15, 0.2) is 0 Å². The van der Waals surface area contributed by atoms with Crippen molar-refractivity contribution in [3.05, 3.63) is 36.4 Å². The van der Waals surface area contributed by atoms with Gasteiger partial charge in [-0.3, -0.25) is 0 Å². The molecule has 0 saturated heterocycles. The molecule has 0 saturated carbocycles. The molecule has 0 heterocycles. The van der Waals surface area contributed by atoms with Crippen molar-refractivity contribution in [2.45, 2.75) is 38.5 Å². The zero-order chi connectivity index (χ0) is 19.0. The topological polar surface area (TPSA) is 97.3 Å². The monoisotopic (exact) mass is 353 g/mol. The molecule has 0 radical (unpaired) electrons. The second-order valence-corrected chi connectivity index (χ2v) is 6.38. The van der Waals surface area contributed by atoms with Crippen LogP contribution in [0.5, 0.6) is 11.5 Å². The van der Waals surface area contributed by atoms with Gasteiger partial charge in [-0.15, -0.1) is 0 Å². The minimum absolute atomic E-state index is 0.232. The first-order valence-electron chi connectivity index (χ1n) is 7.92. The van der Waals surface area contributed by atoms with Crippen molar-refractivity contribution in [3.8, 4) is 11.5 Å². The highest BCUT2D eigenvalue weighted by Gasteiger charge is 2.27. The van der Waals surface area contributed by atoms with Crippen LogP contribution in [-0.4, -0.2) is 48.3 Å². The molecule has 0 aromatic heterocycles. The highest BCUT2D eigenvalue weighted by molar-refractivity contribution is 5.68. The van der Waals surface area contributed by atoms with Crippen molar-refractivity contribution in [2.75, 3.05) is 20.3 Å². The number of aliphatic hydroxyl groups is 2. The van der Waals surface area contributed by atoms with Gasteiger partial charge in [0.05, 0.1) is 19.8 Å². The molecule has 0 fully saturated rings. The van der Waals surface area contributed by atoms with Gasteiger partial charge in [-0.1, -0.05) is 12.7 Å². The SMILES string of the molecule is C=CCOc1cc(OC)ccc1[C@@H](O)[C@@H](CO)NC(=O)OC(C)(C)C. The number of alkyl carbamates (subject to hydrolysis) is 1. The van der Waals surface area contributed by atoms with Crippen LogP contribution in [0.4, 0.5) is 4.79 Å². The zero-order valence-corrected chi connectivity index (χ0v) is 15.1. The van der Waals surface area contributed by atoms with E-state index in [0.717, 1.165) is 0 Å². The molecule has 2 atom stereocenters. The molecule has 1 amide bonds. The molecule has 1 rings (SSSR count). The molecule has 0 aliphatic heterocycles. The lowest BCUT2D eigenvalue weighted by Gasteiger charge is -2.26. The number of aliphatic hydroxyl groups excluding tert-OH is 2. The summed E-state index contributed by atoms with van der Waals surface area (Å²) in [4.78, 5) is 11.9. The van der Waals surface area contributed by atoms with Gasteiger partial charge < -0.3 is 29.7 Å². The van der Waals surface area contributed by atoms with Crippen molar-refractivity contribution in [2.24, 2.45) is 0 Å². The lowest BCUT2D eigenvalue weighted by molar-refractivity contribution is 0.0345. The average molecular weight is 353 g/mol. The maximum atomic E-state index is 11.9. The van der Waals surface area contributed by atoms with Crippen LogP contribution < -0.4 is 14.8 Å². The zero-order valence-electron chi connectivity index (χ0n) is 15.1. The van der Waals surface area contributed by atoms with Crippen LogP contribution >= 0.6 is 0 Å². The Kier molecular flexibility index (Phi) is 7.73. The molecule has 1 aromatic carbocycles. The van der Waals surface area contributed by atoms with Gasteiger partial charge >= 0.3 is 6.09 Å². The van der Waals surface area contributed by atoms with Crippen LogP contribution in [0.15, 0.2) is 30.9 Å². The summed E-state index contributed by atoms with van der Waals surface area (Å²) in [6.07, 6.45) is -0.367. The number of ether oxygens (including phenoxy) is 3. The van der Waals surface area contributed by atoms with Gasteiger partial charge in [-0.05, 0) is 32.9 Å². The summed E-state index contributed by atoms with van der Waals surface area (Å²) in [7, 11) is 1.52. The summed E-state index contributed by atoms with van der Waals surface area (Å²) in [5.74, 6) is 0.923. The first-order valence-corrected chi connectivity index (χ1v) is 7.92. The van der Waals surface area contributed by atoms with E-state index in [9.17, 15) is 15.0 Å². The predicted octanol–water partition coefficient (Wildman–Crippen LogP) is 2.18. The number of carbonyl (C=O) groups is 1. The summed E-state index contributed by atoms with van der Waals surface area (Å²) in [6, 6.07) is 3.92. The van der Waals surface area contributed by atoms with Crippen molar-refractivity contribution in [1.29, 1.82) is 0 Å². The molecule has 0 aliphatic rings. The fourth-order valence-corrected chi connectivity index (χ4v) is 2.06. The van der Waals surface area contributed by atoms with E-state index in [0.29, 0.717) is 17.1 Å². The molecule has 0 spiro atoms. The largest absolute Gasteiger partial charge is 0.497 e. The van der Waals surface area contributed by atoms with E-state index in [4.69, 9.17) is 14.2 Å². The quantitative estimate of drug-likeness (QED) is 0.620. The average Bonchev–Trinajstić information content (AvgIpc) is 2.55. The summed E-state index contributed by atoms with van der Waals surface area (Å²) >= 11 is 0. The van der Waals surface area contributed by atoms with Crippen LogP contribution in [-0.2, 0) is 4.74 Å². The molecular formula is C18H27NO6. The van der Waals surface area contributed by atoms with Crippen LogP contribution in [0.1, 0.15) is 32.4 Å². The van der Waals surface area contributed by atoms with Crippen molar-refractivity contribution in [3.63, 3.8) is 0 Å². The Hall–Kier alpha value is -2.25. The number of rotatable bonds is 8. The van der Waals surface area contributed by atoms with Gasteiger partial charge in [0.25, 0.3) is 0 Å². The highest BCUT2D eigenvalue weighted by atomic mass is 16.6. The maximum Gasteiger partial charge on any atom is 0.408 e. The number of amides is 1. The van der Waals surface area contributed by atoms with E-state index in [2.05, 4.69) is 11.9 Å².